The van der Waals surface area contributed by atoms with Gasteiger partial charge in [0.05, 0.1) is 5.52 Å². The van der Waals surface area contributed by atoms with Crippen LogP contribution < -0.4 is 0 Å². The van der Waals surface area contributed by atoms with Crippen molar-refractivity contribution in [3.05, 3.63) is 29.5 Å². The third-order valence-corrected chi connectivity index (χ3v) is 5.88. The summed E-state index contributed by atoms with van der Waals surface area (Å²) in [5.41, 5.74) is 6.24. The summed E-state index contributed by atoms with van der Waals surface area (Å²) in [5.74, 6) is 0. The maximum atomic E-state index is 5.03. The van der Waals surface area contributed by atoms with E-state index in [1.54, 1.807) is 28.5 Å². The summed E-state index contributed by atoms with van der Waals surface area (Å²) in [5, 5.41) is 5.47. The lowest BCUT2D eigenvalue weighted by molar-refractivity contribution is 0.770. The SMILES string of the molecule is CCCCc1nc2sc3c(ncn4ncnc34)c2c2c1CCC2. The highest BCUT2D eigenvalue weighted by atomic mass is 32.1. The van der Waals surface area contributed by atoms with Crippen molar-refractivity contribution in [3.8, 4) is 0 Å². The second-order valence-corrected chi connectivity index (χ2v) is 7.20. The summed E-state index contributed by atoms with van der Waals surface area (Å²) in [6.45, 7) is 2.24. The Labute approximate surface area is 137 Å². The Balaban J connectivity index is 1.87. The highest BCUT2D eigenvalue weighted by Gasteiger charge is 2.23. The molecule has 0 radical (unpaired) electrons. The monoisotopic (exact) mass is 323 g/mol. The first-order valence-electron chi connectivity index (χ1n) is 8.28. The molecular weight excluding hydrogens is 306 g/mol. The topological polar surface area (TPSA) is 56.0 Å². The van der Waals surface area contributed by atoms with Crippen LogP contribution in [0.2, 0.25) is 0 Å². The Hall–Kier alpha value is -2.08. The van der Waals surface area contributed by atoms with Crippen molar-refractivity contribution in [1.82, 2.24) is 24.6 Å². The fourth-order valence-electron chi connectivity index (χ4n) is 3.73. The average molecular weight is 323 g/mol. The van der Waals surface area contributed by atoms with Crippen LogP contribution in [0.15, 0.2) is 12.7 Å². The van der Waals surface area contributed by atoms with Gasteiger partial charge in [-0.15, -0.1) is 11.3 Å². The number of thiophene rings is 1. The van der Waals surface area contributed by atoms with E-state index in [1.165, 1.54) is 47.9 Å². The van der Waals surface area contributed by atoms with Gasteiger partial charge in [0.2, 0.25) is 0 Å². The van der Waals surface area contributed by atoms with Gasteiger partial charge in [-0.1, -0.05) is 13.3 Å². The second-order valence-electron chi connectivity index (χ2n) is 6.21. The van der Waals surface area contributed by atoms with Crippen molar-refractivity contribution >= 4 is 37.4 Å². The number of hydrogen-bond acceptors (Lipinski definition) is 5. The molecule has 0 unspecified atom stereocenters. The van der Waals surface area contributed by atoms with Crippen LogP contribution >= 0.6 is 11.3 Å². The Kier molecular flexibility index (Phi) is 2.88. The van der Waals surface area contributed by atoms with E-state index in [0.29, 0.717) is 0 Å². The molecule has 23 heavy (non-hydrogen) atoms. The first-order valence-corrected chi connectivity index (χ1v) is 9.09. The van der Waals surface area contributed by atoms with Gasteiger partial charge in [-0.2, -0.15) is 5.10 Å². The molecule has 4 aromatic heterocycles. The fraction of sp³-hybridized carbons (Fsp3) is 0.412. The molecule has 6 heteroatoms. The second kappa shape index (κ2) is 4.96. The molecule has 0 atom stereocenters. The first kappa shape index (κ1) is 13.4. The van der Waals surface area contributed by atoms with E-state index in [1.807, 2.05) is 0 Å². The molecule has 0 N–H and O–H groups in total. The van der Waals surface area contributed by atoms with E-state index in [2.05, 4.69) is 22.0 Å². The number of unbranched alkanes of at least 4 members (excludes halogenated alkanes) is 1. The summed E-state index contributed by atoms with van der Waals surface area (Å²) in [6, 6.07) is 0. The molecule has 1 aliphatic rings. The van der Waals surface area contributed by atoms with Crippen LogP contribution in [-0.4, -0.2) is 24.6 Å². The van der Waals surface area contributed by atoms with Gasteiger partial charge >= 0.3 is 0 Å². The van der Waals surface area contributed by atoms with Gasteiger partial charge < -0.3 is 0 Å². The van der Waals surface area contributed by atoms with Gasteiger partial charge in [0.15, 0.2) is 5.65 Å². The van der Waals surface area contributed by atoms with E-state index in [0.717, 1.165) is 33.5 Å². The quantitative estimate of drug-likeness (QED) is 0.576. The van der Waals surface area contributed by atoms with E-state index in [9.17, 15) is 0 Å². The molecule has 0 bridgehead atoms. The lowest BCUT2D eigenvalue weighted by atomic mass is 10.0. The number of hydrogen-bond donors (Lipinski definition) is 0. The van der Waals surface area contributed by atoms with E-state index >= 15 is 0 Å². The highest BCUT2D eigenvalue weighted by Crippen LogP contribution is 2.40. The number of fused-ring (bicyclic) bond motifs is 7. The molecule has 0 amide bonds. The molecule has 1 aliphatic carbocycles. The van der Waals surface area contributed by atoms with Crippen LogP contribution in [-0.2, 0) is 19.3 Å². The number of aryl methyl sites for hydroxylation is 2. The Morgan fingerprint density at radius 1 is 1.22 bits per heavy atom. The molecule has 0 aromatic carbocycles. The largest absolute Gasteiger partial charge is 0.242 e. The molecule has 0 saturated carbocycles. The number of aromatic nitrogens is 5. The van der Waals surface area contributed by atoms with Crippen LogP contribution in [0.5, 0.6) is 0 Å². The maximum absolute atomic E-state index is 5.03. The minimum absolute atomic E-state index is 0.889. The summed E-state index contributed by atoms with van der Waals surface area (Å²) < 4.78 is 2.85. The highest BCUT2D eigenvalue weighted by molar-refractivity contribution is 7.26. The van der Waals surface area contributed by atoms with Crippen LogP contribution in [0, 0.1) is 0 Å². The molecule has 0 spiro atoms. The third-order valence-electron chi connectivity index (χ3n) is 4.81. The van der Waals surface area contributed by atoms with Gasteiger partial charge in [0, 0.05) is 11.1 Å². The first-order chi connectivity index (χ1) is 11.4. The minimum atomic E-state index is 0.889. The van der Waals surface area contributed by atoms with Crippen molar-refractivity contribution in [2.75, 3.05) is 0 Å². The Bertz CT molecular complexity index is 1050. The zero-order valence-corrected chi connectivity index (χ0v) is 13.9. The molecule has 5 nitrogen and oxygen atoms in total. The number of pyridine rings is 1. The van der Waals surface area contributed by atoms with Crippen LogP contribution in [0.3, 0.4) is 0 Å². The van der Waals surface area contributed by atoms with Gasteiger partial charge in [-0.05, 0) is 43.2 Å². The van der Waals surface area contributed by atoms with E-state index in [-0.39, 0.29) is 0 Å². The molecule has 5 rings (SSSR count). The number of rotatable bonds is 3. The minimum Gasteiger partial charge on any atom is -0.242 e. The van der Waals surface area contributed by atoms with E-state index < -0.39 is 0 Å². The van der Waals surface area contributed by atoms with Crippen molar-refractivity contribution in [3.63, 3.8) is 0 Å². The predicted molar refractivity (Wildman–Crippen MR) is 92.1 cm³/mol. The van der Waals surface area contributed by atoms with Gasteiger partial charge in [-0.25, -0.2) is 19.5 Å². The van der Waals surface area contributed by atoms with Crippen molar-refractivity contribution in [2.45, 2.75) is 45.4 Å². The summed E-state index contributed by atoms with van der Waals surface area (Å²) in [7, 11) is 0. The van der Waals surface area contributed by atoms with Crippen molar-refractivity contribution in [2.24, 2.45) is 0 Å². The Morgan fingerprint density at radius 2 is 2.13 bits per heavy atom. The molecule has 0 aliphatic heterocycles. The van der Waals surface area contributed by atoms with E-state index in [4.69, 9.17) is 4.98 Å². The molecule has 116 valence electrons. The smallest absolute Gasteiger partial charge is 0.176 e. The maximum Gasteiger partial charge on any atom is 0.176 e. The molecular formula is C17H17N5S. The average Bonchev–Trinajstić information content (AvgIpc) is 3.27. The standard InChI is InChI=1S/C17H17N5S/c1-2-3-7-12-10-5-4-6-11(10)13-14-15(23-17(13)21-12)16-18-8-20-22(16)9-19-14/h8-9H,2-7H2,1H3. The predicted octanol–water partition coefficient (Wildman–Crippen LogP) is 3.72. The molecule has 4 aromatic rings. The normalized spacial score (nSPS) is 14.3. The zero-order valence-electron chi connectivity index (χ0n) is 13.0. The summed E-state index contributed by atoms with van der Waals surface area (Å²) in [6.07, 6.45) is 10.4. The Morgan fingerprint density at radius 3 is 3.04 bits per heavy atom. The van der Waals surface area contributed by atoms with Crippen molar-refractivity contribution < 1.29 is 0 Å². The molecule has 0 saturated heterocycles. The summed E-state index contributed by atoms with van der Waals surface area (Å²) in [4.78, 5) is 15.2. The lowest BCUT2D eigenvalue weighted by Gasteiger charge is -2.08. The van der Waals surface area contributed by atoms with Crippen LogP contribution in [0.25, 0.3) is 26.1 Å². The van der Waals surface area contributed by atoms with Crippen molar-refractivity contribution in [1.29, 1.82) is 0 Å². The third kappa shape index (κ3) is 1.84. The lowest BCUT2D eigenvalue weighted by Crippen LogP contribution is -1.98. The van der Waals surface area contributed by atoms with Gasteiger partial charge in [0.25, 0.3) is 0 Å². The fourth-order valence-corrected chi connectivity index (χ4v) is 4.89. The van der Waals surface area contributed by atoms with Crippen LogP contribution in [0.1, 0.15) is 43.0 Å². The summed E-state index contributed by atoms with van der Waals surface area (Å²) >= 11 is 1.71. The van der Waals surface area contributed by atoms with Gasteiger partial charge in [0.1, 0.15) is 22.2 Å². The molecule has 0 fully saturated rings. The van der Waals surface area contributed by atoms with Gasteiger partial charge in [-0.3, -0.25) is 0 Å². The zero-order chi connectivity index (χ0) is 15.4. The van der Waals surface area contributed by atoms with Crippen LogP contribution in [0.4, 0.5) is 0 Å². The number of nitrogens with zero attached hydrogens (tertiary/aromatic N) is 5. The molecule has 4 heterocycles.